The SMILES string of the molecule is CCCC(=O)Nc1ccc(C(=O)Nc2ccc(S(=O)(=O)Nc3ncccn3)cc2)cc1. The van der Waals surface area contributed by atoms with E-state index in [0.29, 0.717) is 23.4 Å². The molecule has 0 unspecified atom stereocenters. The Morgan fingerprint density at radius 1 is 0.871 bits per heavy atom. The van der Waals surface area contributed by atoms with Crippen LogP contribution in [0.5, 0.6) is 0 Å². The van der Waals surface area contributed by atoms with Crippen LogP contribution >= 0.6 is 0 Å². The van der Waals surface area contributed by atoms with Gasteiger partial charge in [-0.3, -0.25) is 9.59 Å². The Morgan fingerprint density at radius 2 is 1.45 bits per heavy atom. The number of hydrogen-bond acceptors (Lipinski definition) is 6. The van der Waals surface area contributed by atoms with Crippen molar-refractivity contribution in [3.8, 4) is 0 Å². The number of sulfonamides is 1. The first kappa shape index (κ1) is 21.9. The van der Waals surface area contributed by atoms with Crippen LogP contribution in [0.4, 0.5) is 17.3 Å². The van der Waals surface area contributed by atoms with Gasteiger partial charge in [0.15, 0.2) is 0 Å². The number of carbonyl (C=O) groups is 2. The van der Waals surface area contributed by atoms with E-state index in [9.17, 15) is 18.0 Å². The zero-order valence-corrected chi connectivity index (χ0v) is 17.5. The summed E-state index contributed by atoms with van der Waals surface area (Å²) in [6, 6.07) is 13.8. The Labute approximate surface area is 180 Å². The quantitative estimate of drug-likeness (QED) is 0.494. The molecule has 1 heterocycles. The summed E-state index contributed by atoms with van der Waals surface area (Å²) in [4.78, 5) is 31.7. The third-order valence-corrected chi connectivity index (χ3v) is 5.47. The highest BCUT2D eigenvalue weighted by molar-refractivity contribution is 7.92. The number of rotatable bonds is 8. The highest BCUT2D eigenvalue weighted by Gasteiger charge is 2.16. The summed E-state index contributed by atoms with van der Waals surface area (Å²) in [7, 11) is -3.85. The lowest BCUT2D eigenvalue weighted by atomic mass is 10.2. The molecule has 0 aliphatic carbocycles. The first-order valence-corrected chi connectivity index (χ1v) is 11.0. The third-order valence-electron chi connectivity index (χ3n) is 4.12. The maximum absolute atomic E-state index is 12.4. The molecule has 3 N–H and O–H groups in total. The van der Waals surface area contributed by atoms with Crippen molar-refractivity contribution < 1.29 is 18.0 Å². The van der Waals surface area contributed by atoms with Crippen molar-refractivity contribution in [2.24, 2.45) is 0 Å². The second-order valence-electron chi connectivity index (χ2n) is 6.53. The summed E-state index contributed by atoms with van der Waals surface area (Å²) >= 11 is 0. The fraction of sp³-hybridized carbons (Fsp3) is 0.143. The minimum Gasteiger partial charge on any atom is -0.326 e. The van der Waals surface area contributed by atoms with Crippen molar-refractivity contribution in [1.82, 2.24) is 9.97 Å². The zero-order chi connectivity index (χ0) is 22.3. The molecule has 31 heavy (non-hydrogen) atoms. The molecule has 2 amide bonds. The molecule has 2 aromatic carbocycles. The van der Waals surface area contributed by atoms with E-state index in [1.54, 1.807) is 30.3 Å². The number of amides is 2. The molecule has 0 radical (unpaired) electrons. The molecule has 3 aromatic rings. The third kappa shape index (κ3) is 6.09. The minimum absolute atomic E-state index is 0.00475. The molecule has 0 bridgehead atoms. The monoisotopic (exact) mass is 439 g/mol. The molecule has 0 aliphatic heterocycles. The number of anilines is 3. The van der Waals surface area contributed by atoms with Gasteiger partial charge in [-0.25, -0.2) is 23.1 Å². The van der Waals surface area contributed by atoms with E-state index in [-0.39, 0.29) is 22.7 Å². The largest absolute Gasteiger partial charge is 0.326 e. The topological polar surface area (TPSA) is 130 Å². The van der Waals surface area contributed by atoms with Crippen LogP contribution in [0.2, 0.25) is 0 Å². The van der Waals surface area contributed by atoms with Crippen LogP contribution in [0.15, 0.2) is 71.9 Å². The van der Waals surface area contributed by atoms with Gasteiger partial charge in [0.25, 0.3) is 15.9 Å². The van der Waals surface area contributed by atoms with Gasteiger partial charge in [0.2, 0.25) is 11.9 Å². The van der Waals surface area contributed by atoms with Gasteiger partial charge in [-0.05, 0) is 61.0 Å². The Balaban J connectivity index is 1.63. The van der Waals surface area contributed by atoms with Crippen LogP contribution in [0, 0.1) is 0 Å². The Morgan fingerprint density at radius 3 is 2.06 bits per heavy atom. The van der Waals surface area contributed by atoms with Crippen LogP contribution in [-0.4, -0.2) is 30.2 Å². The molecule has 0 spiro atoms. The van der Waals surface area contributed by atoms with E-state index in [0.717, 1.165) is 6.42 Å². The maximum Gasteiger partial charge on any atom is 0.264 e. The smallest absolute Gasteiger partial charge is 0.264 e. The summed E-state index contributed by atoms with van der Waals surface area (Å²) in [5.74, 6) is -0.477. The van der Waals surface area contributed by atoms with Crippen molar-refractivity contribution in [1.29, 1.82) is 0 Å². The van der Waals surface area contributed by atoms with Gasteiger partial charge in [-0.2, -0.15) is 0 Å². The molecule has 9 nitrogen and oxygen atoms in total. The van der Waals surface area contributed by atoms with E-state index in [2.05, 4.69) is 25.3 Å². The van der Waals surface area contributed by atoms with Gasteiger partial charge in [0, 0.05) is 35.8 Å². The van der Waals surface area contributed by atoms with Gasteiger partial charge in [-0.15, -0.1) is 0 Å². The number of hydrogen-bond donors (Lipinski definition) is 3. The lowest BCUT2D eigenvalue weighted by Gasteiger charge is -2.09. The molecule has 0 saturated carbocycles. The normalized spacial score (nSPS) is 10.9. The fourth-order valence-corrected chi connectivity index (χ4v) is 3.57. The van der Waals surface area contributed by atoms with Crippen LogP contribution in [0.3, 0.4) is 0 Å². The van der Waals surface area contributed by atoms with Crippen LogP contribution in [0.1, 0.15) is 30.1 Å². The molecule has 160 valence electrons. The van der Waals surface area contributed by atoms with Gasteiger partial charge in [0.1, 0.15) is 0 Å². The molecular formula is C21H21N5O4S. The lowest BCUT2D eigenvalue weighted by Crippen LogP contribution is -2.15. The van der Waals surface area contributed by atoms with Crippen LogP contribution in [0.25, 0.3) is 0 Å². The summed E-state index contributed by atoms with van der Waals surface area (Å²) in [5.41, 5.74) is 1.44. The average molecular weight is 439 g/mol. The molecule has 0 saturated heterocycles. The molecule has 3 rings (SSSR count). The zero-order valence-electron chi connectivity index (χ0n) is 16.7. The summed E-state index contributed by atoms with van der Waals surface area (Å²) in [6.07, 6.45) is 4.04. The number of benzene rings is 2. The van der Waals surface area contributed by atoms with Gasteiger partial charge >= 0.3 is 0 Å². The summed E-state index contributed by atoms with van der Waals surface area (Å²) < 4.78 is 27.1. The van der Waals surface area contributed by atoms with E-state index in [1.807, 2.05) is 6.92 Å². The number of nitrogens with one attached hydrogen (secondary N) is 3. The first-order chi connectivity index (χ1) is 14.9. The lowest BCUT2D eigenvalue weighted by molar-refractivity contribution is -0.116. The highest BCUT2D eigenvalue weighted by Crippen LogP contribution is 2.18. The van der Waals surface area contributed by atoms with Gasteiger partial charge in [0.05, 0.1) is 4.90 Å². The Kier molecular flexibility index (Phi) is 6.93. The molecule has 0 aliphatic rings. The highest BCUT2D eigenvalue weighted by atomic mass is 32.2. The van der Waals surface area contributed by atoms with E-state index < -0.39 is 10.0 Å². The van der Waals surface area contributed by atoms with Gasteiger partial charge in [-0.1, -0.05) is 6.92 Å². The number of aromatic nitrogens is 2. The Hall–Kier alpha value is -3.79. The van der Waals surface area contributed by atoms with Crippen molar-refractivity contribution >= 4 is 39.2 Å². The average Bonchev–Trinajstić information content (AvgIpc) is 2.75. The first-order valence-electron chi connectivity index (χ1n) is 9.48. The molecule has 10 heteroatoms. The number of nitrogens with zero attached hydrogens (tertiary/aromatic N) is 2. The predicted octanol–water partition coefficient (Wildman–Crippen LogP) is 3.27. The molecule has 0 fully saturated rings. The van der Waals surface area contributed by atoms with Crippen molar-refractivity contribution in [2.75, 3.05) is 15.4 Å². The second kappa shape index (κ2) is 9.81. The second-order valence-corrected chi connectivity index (χ2v) is 8.21. The van der Waals surface area contributed by atoms with Gasteiger partial charge < -0.3 is 10.6 Å². The Bertz CT molecular complexity index is 1150. The fourth-order valence-electron chi connectivity index (χ4n) is 2.61. The van der Waals surface area contributed by atoms with Crippen LogP contribution in [-0.2, 0) is 14.8 Å². The molecular weight excluding hydrogens is 418 g/mol. The van der Waals surface area contributed by atoms with Crippen molar-refractivity contribution in [3.63, 3.8) is 0 Å². The van der Waals surface area contributed by atoms with E-state index >= 15 is 0 Å². The van der Waals surface area contributed by atoms with Crippen LogP contribution < -0.4 is 15.4 Å². The van der Waals surface area contributed by atoms with Crippen molar-refractivity contribution in [2.45, 2.75) is 24.7 Å². The standard InChI is InChI=1S/C21H21N5O4S/c1-2-4-19(27)24-16-7-5-15(6-8-16)20(28)25-17-9-11-18(12-10-17)31(29,30)26-21-22-13-3-14-23-21/h3,5-14H,2,4H2,1H3,(H,24,27)(H,25,28)(H,22,23,26). The van der Waals surface area contributed by atoms with Crippen molar-refractivity contribution in [3.05, 3.63) is 72.6 Å². The minimum atomic E-state index is -3.85. The summed E-state index contributed by atoms with van der Waals surface area (Å²) in [6.45, 7) is 1.92. The number of carbonyl (C=O) groups excluding carboxylic acids is 2. The van der Waals surface area contributed by atoms with E-state index in [4.69, 9.17) is 0 Å². The molecule has 1 aromatic heterocycles. The molecule has 0 atom stereocenters. The van der Waals surface area contributed by atoms with E-state index in [1.165, 1.54) is 36.7 Å². The summed E-state index contributed by atoms with van der Waals surface area (Å²) in [5, 5.41) is 5.45. The predicted molar refractivity (Wildman–Crippen MR) is 117 cm³/mol. The maximum atomic E-state index is 12.4.